The highest BCUT2D eigenvalue weighted by Crippen LogP contribution is 2.61. The lowest BCUT2D eigenvalue weighted by atomic mass is 9.49. The van der Waals surface area contributed by atoms with Gasteiger partial charge >= 0.3 is 0 Å². The van der Waals surface area contributed by atoms with Gasteiger partial charge in [-0.3, -0.25) is 4.79 Å². The summed E-state index contributed by atoms with van der Waals surface area (Å²) in [6.45, 7) is 2.29. The zero-order chi connectivity index (χ0) is 15.0. The summed E-state index contributed by atoms with van der Waals surface area (Å²) in [7, 11) is 0. The first kappa shape index (κ1) is 14.7. The molecule has 5 heteroatoms. The van der Waals surface area contributed by atoms with Gasteiger partial charge in [0.15, 0.2) is 0 Å². The Hall–Kier alpha value is -1.26. The number of carbonyl (C=O) groups excluding carboxylic acids is 1. The molecule has 0 aromatic heterocycles. The van der Waals surface area contributed by atoms with E-state index in [1.807, 2.05) is 6.92 Å². The largest absolute Gasteiger partial charge is 0.409 e. The summed E-state index contributed by atoms with van der Waals surface area (Å²) in [5.41, 5.74) is 5.82. The molecule has 1 unspecified atom stereocenters. The van der Waals surface area contributed by atoms with Crippen molar-refractivity contribution in [3.05, 3.63) is 0 Å². The Morgan fingerprint density at radius 1 is 1.29 bits per heavy atom. The number of hydrogen-bond donors (Lipinski definition) is 3. The highest BCUT2D eigenvalue weighted by Gasteiger charge is 2.51. The zero-order valence-electron chi connectivity index (χ0n) is 12.8. The Balaban J connectivity index is 1.53. The summed E-state index contributed by atoms with van der Waals surface area (Å²) < 4.78 is 0. The Morgan fingerprint density at radius 3 is 2.29 bits per heavy atom. The van der Waals surface area contributed by atoms with E-state index in [-0.39, 0.29) is 23.1 Å². The molecule has 0 radical (unpaired) electrons. The maximum atomic E-state index is 12.3. The number of nitrogens with two attached hydrogens (primary N) is 1. The van der Waals surface area contributed by atoms with Gasteiger partial charge in [-0.05, 0) is 61.7 Å². The fraction of sp³-hybridized carbons (Fsp3) is 0.875. The smallest absolute Gasteiger partial charge is 0.220 e. The van der Waals surface area contributed by atoms with Crippen LogP contribution in [-0.4, -0.2) is 23.5 Å². The lowest BCUT2D eigenvalue weighted by molar-refractivity contribution is -0.129. The number of oxime groups is 1. The van der Waals surface area contributed by atoms with Crippen molar-refractivity contribution < 1.29 is 10.0 Å². The molecule has 0 aromatic rings. The molecular weight excluding hydrogens is 266 g/mol. The summed E-state index contributed by atoms with van der Waals surface area (Å²) in [4.78, 5) is 12.3. The lowest BCUT2D eigenvalue weighted by Gasteiger charge is -2.56. The minimum Gasteiger partial charge on any atom is -0.409 e. The molecule has 4 aliphatic rings. The maximum Gasteiger partial charge on any atom is 0.220 e. The van der Waals surface area contributed by atoms with Gasteiger partial charge in [0.1, 0.15) is 5.84 Å². The van der Waals surface area contributed by atoms with E-state index in [0.717, 1.165) is 17.8 Å². The molecule has 0 aromatic carbocycles. The second-order valence-corrected chi connectivity index (χ2v) is 7.82. The first-order valence-electron chi connectivity index (χ1n) is 8.24. The van der Waals surface area contributed by atoms with Gasteiger partial charge in [0.25, 0.3) is 0 Å². The first-order valence-corrected chi connectivity index (χ1v) is 8.24. The number of hydrogen-bond acceptors (Lipinski definition) is 3. The number of nitrogens with one attached hydrogen (secondary N) is 1. The first-order chi connectivity index (χ1) is 9.99. The topological polar surface area (TPSA) is 87.7 Å². The van der Waals surface area contributed by atoms with E-state index in [4.69, 9.17) is 10.9 Å². The van der Waals surface area contributed by atoms with Gasteiger partial charge in [-0.2, -0.15) is 0 Å². The van der Waals surface area contributed by atoms with Gasteiger partial charge < -0.3 is 16.3 Å². The molecule has 0 aliphatic heterocycles. The monoisotopic (exact) mass is 293 g/mol. The molecule has 4 bridgehead atoms. The van der Waals surface area contributed by atoms with E-state index in [9.17, 15) is 4.79 Å². The molecule has 118 valence electrons. The highest BCUT2D eigenvalue weighted by molar-refractivity contribution is 5.83. The SMILES string of the molecule is CC(CNC(=O)CC12CC3CC(CC(C3)C1)C2)C(N)=NO. The number of amidine groups is 1. The number of nitrogens with zero attached hydrogens (tertiary/aromatic N) is 1. The van der Waals surface area contributed by atoms with Crippen molar-refractivity contribution in [3.8, 4) is 0 Å². The van der Waals surface area contributed by atoms with Crippen LogP contribution in [0.25, 0.3) is 0 Å². The molecule has 4 N–H and O–H groups in total. The zero-order valence-corrected chi connectivity index (χ0v) is 12.8. The van der Waals surface area contributed by atoms with Crippen molar-refractivity contribution in [1.82, 2.24) is 5.32 Å². The maximum absolute atomic E-state index is 12.3. The van der Waals surface area contributed by atoms with Crippen molar-refractivity contribution in [1.29, 1.82) is 0 Å². The fourth-order valence-corrected chi connectivity index (χ4v) is 5.38. The normalized spacial score (nSPS) is 39.3. The molecule has 4 aliphatic carbocycles. The van der Waals surface area contributed by atoms with Gasteiger partial charge in [-0.1, -0.05) is 12.1 Å². The quantitative estimate of drug-likeness (QED) is 0.314. The van der Waals surface area contributed by atoms with Crippen molar-refractivity contribution in [2.24, 2.45) is 40.0 Å². The predicted octanol–water partition coefficient (Wildman–Crippen LogP) is 2.09. The second kappa shape index (κ2) is 5.50. The lowest BCUT2D eigenvalue weighted by Crippen LogP contribution is -2.48. The molecule has 0 spiro atoms. The molecule has 1 atom stereocenters. The van der Waals surface area contributed by atoms with Gasteiger partial charge in [0.2, 0.25) is 5.91 Å². The molecule has 0 heterocycles. The minimum absolute atomic E-state index is 0.129. The van der Waals surface area contributed by atoms with Gasteiger partial charge in [0, 0.05) is 18.9 Å². The number of carbonyl (C=O) groups is 1. The summed E-state index contributed by atoms with van der Waals surface area (Å²) in [6.07, 6.45) is 8.64. The third-order valence-corrected chi connectivity index (χ3v) is 5.93. The Bertz CT molecular complexity index is 412. The van der Waals surface area contributed by atoms with Crippen LogP contribution in [-0.2, 0) is 4.79 Å². The van der Waals surface area contributed by atoms with Crippen LogP contribution >= 0.6 is 0 Å². The molecule has 4 fully saturated rings. The van der Waals surface area contributed by atoms with Gasteiger partial charge in [-0.25, -0.2) is 0 Å². The molecule has 5 nitrogen and oxygen atoms in total. The van der Waals surface area contributed by atoms with E-state index >= 15 is 0 Å². The number of amides is 1. The van der Waals surface area contributed by atoms with Gasteiger partial charge in [0.05, 0.1) is 0 Å². The average molecular weight is 293 g/mol. The van der Waals surface area contributed by atoms with E-state index in [1.165, 1.54) is 38.5 Å². The van der Waals surface area contributed by atoms with E-state index in [2.05, 4.69) is 10.5 Å². The molecule has 0 saturated heterocycles. The number of rotatable bonds is 5. The minimum atomic E-state index is -0.129. The molecular formula is C16H27N3O2. The molecule has 1 amide bonds. The summed E-state index contributed by atoms with van der Waals surface area (Å²) in [6, 6.07) is 0. The Labute approximate surface area is 126 Å². The van der Waals surface area contributed by atoms with Crippen molar-refractivity contribution in [3.63, 3.8) is 0 Å². The van der Waals surface area contributed by atoms with Crippen LogP contribution in [0.3, 0.4) is 0 Å². The summed E-state index contributed by atoms with van der Waals surface area (Å²) in [5.74, 6) is 2.80. The van der Waals surface area contributed by atoms with Crippen LogP contribution in [0.5, 0.6) is 0 Å². The van der Waals surface area contributed by atoms with Crippen LogP contribution in [0.1, 0.15) is 51.9 Å². The van der Waals surface area contributed by atoms with Crippen LogP contribution < -0.4 is 11.1 Å². The van der Waals surface area contributed by atoms with Crippen LogP contribution in [0, 0.1) is 29.1 Å². The van der Waals surface area contributed by atoms with E-state index < -0.39 is 0 Å². The van der Waals surface area contributed by atoms with E-state index in [1.54, 1.807) is 0 Å². The summed E-state index contributed by atoms with van der Waals surface area (Å²) >= 11 is 0. The van der Waals surface area contributed by atoms with E-state index in [0.29, 0.717) is 13.0 Å². The molecule has 21 heavy (non-hydrogen) atoms. The average Bonchev–Trinajstić information content (AvgIpc) is 2.41. The third-order valence-electron chi connectivity index (χ3n) is 5.93. The molecule has 4 saturated carbocycles. The fourth-order valence-electron chi connectivity index (χ4n) is 5.38. The standard InChI is InChI=1S/C16H27N3O2/c1-10(15(17)19-21)9-18-14(20)8-16-5-11-2-12(6-16)4-13(3-11)7-16/h10-13,21H,2-9H2,1H3,(H2,17,19)(H,18,20). The van der Waals surface area contributed by atoms with Crippen LogP contribution in [0.15, 0.2) is 5.16 Å². The predicted molar refractivity (Wildman–Crippen MR) is 80.8 cm³/mol. The van der Waals surface area contributed by atoms with Crippen molar-refractivity contribution in [2.45, 2.75) is 51.9 Å². The second-order valence-electron chi connectivity index (χ2n) is 7.82. The highest BCUT2D eigenvalue weighted by atomic mass is 16.4. The van der Waals surface area contributed by atoms with Crippen LogP contribution in [0.2, 0.25) is 0 Å². The Kier molecular flexibility index (Phi) is 3.84. The van der Waals surface area contributed by atoms with Crippen molar-refractivity contribution in [2.75, 3.05) is 6.54 Å². The summed E-state index contributed by atoms with van der Waals surface area (Å²) in [5, 5.41) is 14.6. The molecule has 4 rings (SSSR count). The Morgan fingerprint density at radius 2 is 1.81 bits per heavy atom. The van der Waals surface area contributed by atoms with Gasteiger partial charge in [-0.15, -0.1) is 0 Å². The van der Waals surface area contributed by atoms with Crippen LogP contribution in [0.4, 0.5) is 0 Å². The third kappa shape index (κ3) is 3.01. The van der Waals surface area contributed by atoms with Crippen molar-refractivity contribution >= 4 is 11.7 Å².